The van der Waals surface area contributed by atoms with Crippen LogP contribution in [-0.2, 0) is 36.0 Å². The van der Waals surface area contributed by atoms with Crippen LogP contribution in [0.1, 0.15) is 77.0 Å². The lowest BCUT2D eigenvalue weighted by Crippen LogP contribution is -2.36. The predicted molar refractivity (Wildman–Crippen MR) is 131 cm³/mol. The van der Waals surface area contributed by atoms with Crippen molar-refractivity contribution in [2.45, 2.75) is 59.0 Å². The molecule has 3 aromatic rings. The molecule has 1 unspecified atom stereocenters. The molecule has 1 spiro atoms. The van der Waals surface area contributed by atoms with Gasteiger partial charge in [0.25, 0.3) is 0 Å². The van der Waals surface area contributed by atoms with Crippen LogP contribution in [0.2, 0.25) is 0 Å². The van der Waals surface area contributed by atoms with Crippen molar-refractivity contribution in [1.82, 2.24) is 0 Å². The van der Waals surface area contributed by atoms with E-state index < -0.39 is 5.60 Å². The zero-order chi connectivity index (χ0) is 23.5. The first-order valence-corrected chi connectivity index (χ1v) is 11.8. The van der Waals surface area contributed by atoms with E-state index in [9.17, 15) is 4.79 Å². The molecule has 2 aliphatic heterocycles. The van der Waals surface area contributed by atoms with Crippen LogP contribution in [0, 0.1) is 0 Å². The van der Waals surface area contributed by atoms with E-state index in [1.54, 1.807) is 0 Å². The number of benzene rings is 3. The standard InChI is InChI=1S/C28H30N2O3/c1-5-15-16(6-2)24(30)18(8-4)26-23(15)28(20-12-10-9-11-19(20)27(31)33-28)21-13-14-22(29)17(7-3)25(21)32-26/h9-14H,5-8,29-30H2,1-4H3. The van der Waals surface area contributed by atoms with Crippen LogP contribution in [0.25, 0.3) is 0 Å². The molecule has 5 heteroatoms. The summed E-state index contributed by atoms with van der Waals surface area (Å²) in [6, 6.07) is 11.5. The second-order valence-electron chi connectivity index (χ2n) is 8.70. The van der Waals surface area contributed by atoms with E-state index in [-0.39, 0.29) is 5.97 Å². The first kappa shape index (κ1) is 21.4. The average molecular weight is 443 g/mol. The molecule has 0 bridgehead atoms. The molecule has 33 heavy (non-hydrogen) atoms. The Morgan fingerprint density at radius 1 is 0.758 bits per heavy atom. The normalized spacial score (nSPS) is 17.9. The highest BCUT2D eigenvalue weighted by atomic mass is 16.6. The number of nitrogens with two attached hydrogens (primary N) is 2. The van der Waals surface area contributed by atoms with Crippen LogP contribution >= 0.6 is 0 Å². The molecule has 4 N–H and O–H groups in total. The number of anilines is 2. The van der Waals surface area contributed by atoms with E-state index in [2.05, 4.69) is 27.7 Å². The molecule has 0 aliphatic carbocycles. The topological polar surface area (TPSA) is 87.6 Å². The Morgan fingerprint density at radius 2 is 1.42 bits per heavy atom. The van der Waals surface area contributed by atoms with Crippen molar-refractivity contribution in [3.63, 3.8) is 0 Å². The Morgan fingerprint density at radius 3 is 2.09 bits per heavy atom. The third-order valence-electron chi connectivity index (χ3n) is 7.24. The maximum absolute atomic E-state index is 13.2. The minimum atomic E-state index is -1.10. The van der Waals surface area contributed by atoms with Crippen molar-refractivity contribution >= 4 is 17.3 Å². The monoisotopic (exact) mass is 442 g/mol. The molecule has 0 fully saturated rings. The van der Waals surface area contributed by atoms with Crippen molar-refractivity contribution in [3.05, 3.63) is 80.9 Å². The maximum Gasteiger partial charge on any atom is 0.340 e. The van der Waals surface area contributed by atoms with Crippen molar-refractivity contribution < 1.29 is 14.3 Å². The van der Waals surface area contributed by atoms with E-state index in [0.717, 1.165) is 57.5 Å². The quantitative estimate of drug-likeness (QED) is 0.402. The lowest BCUT2D eigenvalue weighted by Gasteiger charge is -2.40. The molecular formula is C28H30N2O3. The molecule has 0 amide bonds. The van der Waals surface area contributed by atoms with Gasteiger partial charge in [-0.1, -0.05) is 45.9 Å². The van der Waals surface area contributed by atoms with Crippen LogP contribution in [0.15, 0.2) is 36.4 Å². The summed E-state index contributed by atoms with van der Waals surface area (Å²) in [6.07, 6.45) is 2.93. The molecule has 5 rings (SSSR count). The summed E-state index contributed by atoms with van der Waals surface area (Å²) < 4.78 is 13.1. The molecule has 5 nitrogen and oxygen atoms in total. The Hall–Kier alpha value is -3.47. The number of fused-ring (bicyclic) bond motifs is 6. The number of hydrogen-bond acceptors (Lipinski definition) is 5. The van der Waals surface area contributed by atoms with E-state index >= 15 is 0 Å². The van der Waals surface area contributed by atoms with Gasteiger partial charge in [-0.2, -0.15) is 0 Å². The first-order chi connectivity index (χ1) is 15.9. The average Bonchev–Trinajstić information content (AvgIpc) is 3.11. The number of hydrogen-bond donors (Lipinski definition) is 2. The Bertz CT molecular complexity index is 1310. The highest BCUT2D eigenvalue weighted by Gasteiger charge is 2.55. The van der Waals surface area contributed by atoms with Crippen molar-refractivity contribution in [2.24, 2.45) is 0 Å². The number of carbonyl (C=O) groups excluding carboxylic acids is 1. The summed E-state index contributed by atoms with van der Waals surface area (Å²) in [7, 11) is 0. The van der Waals surface area contributed by atoms with Gasteiger partial charge in [0.1, 0.15) is 11.5 Å². The highest BCUT2D eigenvalue weighted by Crippen LogP contribution is 2.60. The number of esters is 1. The van der Waals surface area contributed by atoms with E-state index in [0.29, 0.717) is 35.6 Å². The number of nitrogen functional groups attached to an aromatic ring is 2. The summed E-state index contributed by atoms with van der Waals surface area (Å²) in [4.78, 5) is 13.2. The van der Waals surface area contributed by atoms with Gasteiger partial charge >= 0.3 is 5.97 Å². The molecule has 1 atom stereocenters. The smallest absolute Gasteiger partial charge is 0.340 e. The number of rotatable bonds is 4. The zero-order valence-electron chi connectivity index (χ0n) is 19.7. The van der Waals surface area contributed by atoms with E-state index in [1.807, 2.05) is 36.4 Å². The molecule has 2 aliphatic rings. The minimum Gasteiger partial charge on any atom is -0.456 e. The second-order valence-corrected chi connectivity index (χ2v) is 8.70. The van der Waals surface area contributed by atoms with Gasteiger partial charge in [-0.15, -0.1) is 0 Å². The van der Waals surface area contributed by atoms with E-state index in [1.165, 1.54) is 0 Å². The number of ether oxygens (including phenoxy) is 2. The van der Waals surface area contributed by atoms with Crippen molar-refractivity contribution in [3.8, 4) is 11.5 Å². The Balaban J connectivity index is 2.02. The van der Waals surface area contributed by atoms with Gasteiger partial charge in [0.2, 0.25) is 0 Å². The van der Waals surface area contributed by atoms with Crippen LogP contribution < -0.4 is 16.2 Å². The lowest BCUT2D eigenvalue weighted by molar-refractivity contribution is 0.0220. The summed E-state index contributed by atoms with van der Waals surface area (Å²) >= 11 is 0. The molecule has 0 saturated carbocycles. The summed E-state index contributed by atoms with van der Waals surface area (Å²) in [5, 5.41) is 0. The van der Waals surface area contributed by atoms with Crippen LogP contribution in [0.5, 0.6) is 11.5 Å². The molecule has 170 valence electrons. The van der Waals surface area contributed by atoms with E-state index in [4.69, 9.17) is 20.9 Å². The molecule has 3 aromatic carbocycles. The zero-order valence-corrected chi connectivity index (χ0v) is 19.7. The molecular weight excluding hydrogens is 412 g/mol. The fourth-order valence-corrected chi connectivity index (χ4v) is 5.78. The SMILES string of the molecule is CCc1c(N)c(CC)c2c(c1CC)C1(OC(=O)c3ccccc31)c1ccc(N)c(CC)c1O2. The lowest BCUT2D eigenvalue weighted by atomic mass is 9.72. The third kappa shape index (κ3) is 2.62. The predicted octanol–water partition coefficient (Wildman–Crippen LogP) is 5.67. The van der Waals surface area contributed by atoms with Crippen LogP contribution in [0.4, 0.5) is 11.4 Å². The summed E-state index contributed by atoms with van der Waals surface area (Å²) in [6.45, 7) is 8.37. The van der Waals surface area contributed by atoms with Gasteiger partial charge in [-0.05, 0) is 55.0 Å². The van der Waals surface area contributed by atoms with Gasteiger partial charge in [0.05, 0.1) is 11.1 Å². The van der Waals surface area contributed by atoms with Gasteiger partial charge < -0.3 is 20.9 Å². The number of carbonyl (C=O) groups is 1. The van der Waals surface area contributed by atoms with Crippen molar-refractivity contribution in [2.75, 3.05) is 11.5 Å². The van der Waals surface area contributed by atoms with Crippen LogP contribution in [-0.4, -0.2) is 5.97 Å². The van der Waals surface area contributed by atoms with Gasteiger partial charge in [0.15, 0.2) is 5.60 Å². The molecule has 2 heterocycles. The summed E-state index contributed by atoms with van der Waals surface area (Å²) in [5.41, 5.74) is 20.7. The highest BCUT2D eigenvalue weighted by molar-refractivity contribution is 5.97. The third-order valence-corrected chi connectivity index (χ3v) is 7.24. The largest absolute Gasteiger partial charge is 0.456 e. The molecule has 0 aromatic heterocycles. The minimum absolute atomic E-state index is 0.325. The molecule has 0 saturated heterocycles. The maximum atomic E-state index is 13.2. The fraction of sp³-hybridized carbons (Fsp3) is 0.321. The summed E-state index contributed by atoms with van der Waals surface area (Å²) in [5.74, 6) is 1.06. The fourth-order valence-electron chi connectivity index (χ4n) is 5.78. The van der Waals surface area contributed by atoms with Gasteiger partial charge in [-0.3, -0.25) is 0 Å². The Labute approximate surface area is 194 Å². The van der Waals surface area contributed by atoms with Gasteiger partial charge in [-0.25, -0.2) is 4.79 Å². The Kier molecular flexibility index (Phi) is 4.89. The van der Waals surface area contributed by atoms with Crippen LogP contribution in [0.3, 0.4) is 0 Å². The first-order valence-electron chi connectivity index (χ1n) is 11.8. The van der Waals surface area contributed by atoms with Crippen molar-refractivity contribution in [1.29, 1.82) is 0 Å². The second kappa shape index (κ2) is 7.55. The van der Waals surface area contributed by atoms with Gasteiger partial charge in [0, 0.05) is 33.6 Å². The molecule has 0 radical (unpaired) electrons.